The van der Waals surface area contributed by atoms with Crippen LogP contribution in [0.5, 0.6) is 5.75 Å². The average Bonchev–Trinajstić information content (AvgIpc) is 2.51. The zero-order valence-corrected chi connectivity index (χ0v) is 12.3. The van der Waals surface area contributed by atoms with Crippen molar-refractivity contribution in [2.45, 2.75) is 25.8 Å². The fraction of sp³-hybridized carbons (Fsp3) is 0.333. The van der Waals surface area contributed by atoms with Crippen molar-refractivity contribution in [3.05, 3.63) is 23.8 Å². The lowest BCUT2D eigenvalue weighted by Gasteiger charge is -2.32. The van der Waals surface area contributed by atoms with Crippen molar-refractivity contribution in [3.8, 4) is 5.75 Å². The van der Waals surface area contributed by atoms with Gasteiger partial charge in [0.1, 0.15) is 11.8 Å². The van der Waals surface area contributed by atoms with E-state index in [4.69, 9.17) is 14.9 Å². The number of anilines is 1. The molecule has 1 atom stereocenters. The van der Waals surface area contributed by atoms with Crippen molar-refractivity contribution in [2.75, 3.05) is 11.5 Å². The highest BCUT2D eigenvalue weighted by Gasteiger charge is 2.33. The highest BCUT2D eigenvalue weighted by molar-refractivity contribution is 6.05. The third kappa shape index (κ3) is 3.47. The molecule has 0 saturated carbocycles. The van der Waals surface area contributed by atoms with Crippen molar-refractivity contribution >= 4 is 29.3 Å². The Hall–Kier alpha value is -2.90. The number of amides is 1. The maximum absolute atomic E-state index is 12.0. The van der Waals surface area contributed by atoms with Crippen LogP contribution in [0.4, 0.5) is 5.69 Å². The minimum absolute atomic E-state index is 0.183. The van der Waals surface area contributed by atoms with Gasteiger partial charge < -0.3 is 14.9 Å². The number of carboxylic acids is 2. The summed E-state index contributed by atoms with van der Waals surface area (Å²) >= 11 is 0. The number of carbonyl (C=O) groups is 4. The Morgan fingerprint density at radius 1 is 1.26 bits per heavy atom. The summed E-state index contributed by atoms with van der Waals surface area (Å²) in [6.45, 7) is 1.07. The number of Topliss-reactive ketones (excluding diaryl/α,β-unsaturated/α-hetero) is 1. The number of benzene rings is 1. The highest BCUT2D eigenvalue weighted by Crippen LogP contribution is 2.34. The van der Waals surface area contributed by atoms with Crippen molar-refractivity contribution in [1.29, 1.82) is 0 Å². The van der Waals surface area contributed by atoms with Gasteiger partial charge in [-0.1, -0.05) is 0 Å². The highest BCUT2D eigenvalue weighted by atomic mass is 16.5. The summed E-state index contributed by atoms with van der Waals surface area (Å²) in [5.74, 6) is -2.91. The third-order valence-electron chi connectivity index (χ3n) is 3.47. The number of fused-ring (bicyclic) bond motifs is 1. The molecule has 23 heavy (non-hydrogen) atoms. The first-order valence-electron chi connectivity index (χ1n) is 6.88. The van der Waals surface area contributed by atoms with Crippen molar-refractivity contribution in [2.24, 2.45) is 0 Å². The molecular formula is C15H15NO7. The van der Waals surface area contributed by atoms with Crippen LogP contribution >= 0.6 is 0 Å². The molecule has 0 radical (unpaired) electrons. The Kier molecular flexibility index (Phi) is 4.63. The molecule has 122 valence electrons. The third-order valence-corrected chi connectivity index (χ3v) is 3.47. The number of hydrogen-bond donors (Lipinski definition) is 2. The SMILES string of the molecule is CC(C(=O)O)N1C(=O)COc2ccc(C(=O)CCC(=O)O)cc21. The van der Waals surface area contributed by atoms with Crippen LogP contribution in [0.25, 0.3) is 0 Å². The smallest absolute Gasteiger partial charge is 0.326 e. The molecule has 1 unspecified atom stereocenters. The van der Waals surface area contributed by atoms with Crippen LogP contribution in [0.3, 0.4) is 0 Å². The van der Waals surface area contributed by atoms with Gasteiger partial charge in [-0.05, 0) is 25.1 Å². The Balaban J connectivity index is 2.35. The van der Waals surface area contributed by atoms with Crippen LogP contribution in [0.15, 0.2) is 18.2 Å². The fourth-order valence-corrected chi connectivity index (χ4v) is 2.24. The second-order valence-electron chi connectivity index (χ2n) is 5.07. The number of rotatable bonds is 6. The summed E-state index contributed by atoms with van der Waals surface area (Å²) in [7, 11) is 0. The van der Waals surface area contributed by atoms with Gasteiger partial charge in [0.15, 0.2) is 12.4 Å². The first-order chi connectivity index (χ1) is 10.8. The predicted molar refractivity (Wildman–Crippen MR) is 77.7 cm³/mol. The van der Waals surface area contributed by atoms with Gasteiger partial charge in [-0.2, -0.15) is 0 Å². The van der Waals surface area contributed by atoms with Crippen molar-refractivity contribution < 1.29 is 34.1 Å². The molecular weight excluding hydrogens is 306 g/mol. The molecule has 0 spiro atoms. The second kappa shape index (κ2) is 6.47. The summed E-state index contributed by atoms with van der Waals surface area (Å²) in [4.78, 5) is 46.8. The lowest BCUT2D eigenvalue weighted by atomic mass is 10.0. The second-order valence-corrected chi connectivity index (χ2v) is 5.07. The number of hydrogen-bond acceptors (Lipinski definition) is 5. The number of nitrogens with zero attached hydrogens (tertiary/aromatic N) is 1. The molecule has 0 bridgehead atoms. The number of ketones is 1. The number of carboxylic acid groups (broad SMARTS) is 2. The summed E-state index contributed by atoms with van der Waals surface area (Å²) < 4.78 is 5.24. The standard InChI is InChI=1S/C15H15NO7/c1-8(15(21)22)16-10-6-9(11(17)3-5-14(19)20)2-4-12(10)23-7-13(16)18/h2,4,6,8H,3,5,7H2,1H3,(H,19,20)(H,21,22). The zero-order chi connectivity index (χ0) is 17.1. The molecule has 8 heteroatoms. The summed E-state index contributed by atoms with van der Waals surface area (Å²) in [6, 6.07) is 3.17. The van der Waals surface area contributed by atoms with Crippen molar-refractivity contribution in [3.63, 3.8) is 0 Å². The van der Waals surface area contributed by atoms with E-state index in [9.17, 15) is 19.2 Å². The Morgan fingerprint density at radius 3 is 2.57 bits per heavy atom. The quantitative estimate of drug-likeness (QED) is 0.747. The molecule has 1 aromatic carbocycles. The molecule has 0 fully saturated rings. The first kappa shape index (κ1) is 16.5. The van der Waals surface area contributed by atoms with Crippen LogP contribution in [-0.2, 0) is 14.4 Å². The average molecular weight is 321 g/mol. The van der Waals surface area contributed by atoms with Crippen molar-refractivity contribution in [1.82, 2.24) is 0 Å². The van der Waals surface area contributed by atoms with Crippen LogP contribution < -0.4 is 9.64 Å². The van der Waals surface area contributed by atoms with E-state index >= 15 is 0 Å². The van der Waals surface area contributed by atoms with Gasteiger partial charge in [-0.3, -0.25) is 19.3 Å². The van der Waals surface area contributed by atoms with Gasteiger partial charge in [0, 0.05) is 12.0 Å². The van der Waals surface area contributed by atoms with Gasteiger partial charge in [0.25, 0.3) is 5.91 Å². The lowest BCUT2D eigenvalue weighted by Crippen LogP contribution is -2.48. The molecule has 0 aromatic heterocycles. The summed E-state index contributed by atoms with van der Waals surface area (Å²) in [5, 5.41) is 17.8. The maximum atomic E-state index is 12.0. The molecule has 2 rings (SSSR count). The predicted octanol–water partition coefficient (Wildman–Crippen LogP) is 0.933. The lowest BCUT2D eigenvalue weighted by molar-refractivity contribution is -0.140. The largest absolute Gasteiger partial charge is 0.482 e. The molecule has 2 N–H and O–H groups in total. The van der Waals surface area contributed by atoms with Crippen LogP contribution in [0.1, 0.15) is 30.1 Å². The van der Waals surface area contributed by atoms with Gasteiger partial charge in [-0.15, -0.1) is 0 Å². The minimum Gasteiger partial charge on any atom is -0.482 e. The molecule has 8 nitrogen and oxygen atoms in total. The van der Waals surface area contributed by atoms with Crippen LogP contribution in [0, 0.1) is 0 Å². The van der Waals surface area contributed by atoms with E-state index < -0.39 is 29.7 Å². The Bertz CT molecular complexity index is 682. The van der Waals surface area contributed by atoms with Gasteiger partial charge in [0.05, 0.1) is 12.1 Å². The van der Waals surface area contributed by atoms with E-state index in [-0.39, 0.29) is 30.7 Å². The van der Waals surface area contributed by atoms with Gasteiger partial charge in [-0.25, -0.2) is 4.79 Å². The molecule has 1 amide bonds. The monoisotopic (exact) mass is 321 g/mol. The molecule has 0 saturated heterocycles. The van der Waals surface area contributed by atoms with Crippen LogP contribution in [0.2, 0.25) is 0 Å². The summed E-state index contributed by atoms with van der Waals surface area (Å²) in [5.41, 5.74) is 0.392. The van der Waals surface area contributed by atoms with Gasteiger partial charge >= 0.3 is 11.9 Å². The van der Waals surface area contributed by atoms with Gasteiger partial charge in [0.2, 0.25) is 0 Å². The minimum atomic E-state index is -1.19. The van der Waals surface area contributed by atoms with E-state index in [1.165, 1.54) is 25.1 Å². The normalized spacial score (nSPS) is 14.7. The van der Waals surface area contributed by atoms with E-state index in [1.54, 1.807) is 0 Å². The van der Waals surface area contributed by atoms with Crippen LogP contribution in [-0.4, -0.2) is 46.5 Å². The zero-order valence-electron chi connectivity index (χ0n) is 12.3. The number of carbonyl (C=O) groups excluding carboxylic acids is 2. The van der Waals surface area contributed by atoms with E-state index in [0.29, 0.717) is 5.75 Å². The molecule has 0 aliphatic carbocycles. The topological polar surface area (TPSA) is 121 Å². The summed E-state index contributed by atoms with van der Waals surface area (Å²) in [6.07, 6.45) is -0.488. The molecule has 1 aliphatic heterocycles. The first-order valence-corrected chi connectivity index (χ1v) is 6.88. The molecule has 1 aromatic rings. The fourth-order valence-electron chi connectivity index (χ4n) is 2.24. The Morgan fingerprint density at radius 2 is 1.96 bits per heavy atom. The Labute approximate surface area is 131 Å². The van der Waals surface area contributed by atoms with E-state index in [1.807, 2.05) is 0 Å². The molecule has 1 aliphatic rings. The molecule has 1 heterocycles. The van der Waals surface area contributed by atoms with E-state index in [0.717, 1.165) is 4.90 Å². The number of aliphatic carboxylic acids is 2. The van der Waals surface area contributed by atoms with E-state index in [2.05, 4.69) is 0 Å². The number of ether oxygens (including phenoxy) is 1. The maximum Gasteiger partial charge on any atom is 0.326 e.